The van der Waals surface area contributed by atoms with E-state index >= 15 is 0 Å². The van der Waals surface area contributed by atoms with Gasteiger partial charge in [-0.2, -0.15) is 13.2 Å². The van der Waals surface area contributed by atoms with E-state index in [-0.39, 0.29) is 11.5 Å². The van der Waals surface area contributed by atoms with Gasteiger partial charge in [0.25, 0.3) is 0 Å². The highest BCUT2D eigenvalue weighted by atomic mass is 32.1. The lowest BCUT2D eigenvalue weighted by molar-refractivity contribution is -0.132. The third-order valence-corrected chi connectivity index (χ3v) is 3.53. The Morgan fingerprint density at radius 3 is 2.33 bits per heavy atom. The SMILES string of the molecule is CN(CCC(F)(F)F)c1ccc(C(N)=S)c2ccccc12. The van der Waals surface area contributed by atoms with Crippen molar-refractivity contribution in [2.45, 2.75) is 12.6 Å². The zero-order valence-electron chi connectivity index (χ0n) is 11.4. The standard InChI is InChI=1S/C15H15F3N2S/c1-20(9-8-15(16,17)18)13-7-6-12(14(19)21)10-4-2-3-5-11(10)13/h2-7H,8-9H2,1H3,(H2,19,21). The van der Waals surface area contributed by atoms with Crippen molar-refractivity contribution in [3.8, 4) is 0 Å². The summed E-state index contributed by atoms with van der Waals surface area (Å²) < 4.78 is 37.1. The predicted molar refractivity (Wildman–Crippen MR) is 83.8 cm³/mol. The molecule has 21 heavy (non-hydrogen) atoms. The minimum atomic E-state index is -4.16. The van der Waals surface area contributed by atoms with Gasteiger partial charge in [0.05, 0.1) is 6.42 Å². The van der Waals surface area contributed by atoms with Crippen LogP contribution in [0.4, 0.5) is 18.9 Å². The summed E-state index contributed by atoms with van der Waals surface area (Å²) in [5.41, 5.74) is 7.15. The molecule has 112 valence electrons. The van der Waals surface area contributed by atoms with Crippen molar-refractivity contribution >= 4 is 33.7 Å². The van der Waals surface area contributed by atoms with E-state index in [2.05, 4.69) is 0 Å². The number of hydrogen-bond acceptors (Lipinski definition) is 2. The number of anilines is 1. The topological polar surface area (TPSA) is 29.3 Å². The number of benzene rings is 2. The molecule has 0 atom stereocenters. The number of fused-ring (bicyclic) bond motifs is 1. The maximum atomic E-state index is 12.4. The average Bonchev–Trinajstić information content (AvgIpc) is 2.42. The van der Waals surface area contributed by atoms with Crippen LogP contribution in [0.25, 0.3) is 10.8 Å². The van der Waals surface area contributed by atoms with Gasteiger partial charge in [0.2, 0.25) is 0 Å². The lowest BCUT2D eigenvalue weighted by Gasteiger charge is -2.22. The summed E-state index contributed by atoms with van der Waals surface area (Å²) in [5, 5.41) is 1.69. The van der Waals surface area contributed by atoms with Gasteiger partial charge >= 0.3 is 6.18 Å². The van der Waals surface area contributed by atoms with E-state index < -0.39 is 12.6 Å². The molecule has 0 aliphatic rings. The van der Waals surface area contributed by atoms with Crippen LogP contribution in [-0.2, 0) is 0 Å². The first kappa shape index (κ1) is 15.6. The van der Waals surface area contributed by atoms with Crippen molar-refractivity contribution in [1.29, 1.82) is 0 Å². The summed E-state index contributed by atoms with van der Waals surface area (Å²) in [7, 11) is 1.65. The molecule has 2 rings (SSSR count). The summed E-state index contributed by atoms with van der Waals surface area (Å²) in [5.74, 6) is 0. The Bertz CT molecular complexity index is 668. The summed E-state index contributed by atoms with van der Waals surface area (Å²) in [4.78, 5) is 1.87. The van der Waals surface area contributed by atoms with E-state index in [1.807, 2.05) is 24.3 Å². The maximum Gasteiger partial charge on any atom is 0.390 e. The predicted octanol–water partition coefficient (Wildman–Crippen LogP) is 3.86. The van der Waals surface area contributed by atoms with Gasteiger partial charge in [-0.25, -0.2) is 0 Å². The molecule has 0 bridgehead atoms. The van der Waals surface area contributed by atoms with Crippen molar-refractivity contribution in [2.75, 3.05) is 18.5 Å². The molecule has 2 aromatic rings. The summed E-state index contributed by atoms with van der Waals surface area (Å²) in [6.07, 6.45) is -5.02. The highest BCUT2D eigenvalue weighted by Gasteiger charge is 2.27. The molecular weight excluding hydrogens is 297 g/mol. The normalized spacial score (nSPS) is 11.6. The van der Waals surface area contributed by atoms with Gasteiger partial charge in [-0.1, -0.05) is 36.5 Å². The van der Waals surface area contributed by atoms with E-state index in [0.29, 0.717) is 0 Å². The molecule has 0 saturated heterocycles. The summed E-state index contributed by atoms with van der Waals surface area (Å²) in [6.45, 7) is -0.0973. The number of halogens is 3. The van der Waals surface area contributed by atoms with E-state index in [1.54, 1.807) is 24.1 Å². The molecule has 0 aliphatic heterocycles. The molecule has 0 amide bonds. The van der Waals surface area contributed by atoms with Crippen molar-refractivity contribution in [1.82, 2.24) is 0 Å². The molecule has 2 N–H and O–H groups in total. The smallest absolute Gasteiger partial charge is 0.389 e. The van der Waals surface area contributed by atoms with Gasteiger partial charge in [0, 0.05) is 30.2 Å². The number of hydrogen-bond donors (Lipinski definition) is 1. The third kappa shape index (κ3) is 3.64. The molecule has 0 spiro atoms. The minimum absolute atomic E-state index is 0.0973. The fraction of sp³-hybridized carbons (Fsp3) is 0.267. The number of thiocarbonyl (C=S) groups is 1. The minimum Gasteiger partial charge on any atom is -0.389 e. The molecule has 2 nitrogen and oxygen atoms in total. The number of alkyl halides is 3. The van der Waals surface area contributed by atoms with Gasteiger partial charge in [-0.15, -0.1) is 0 Å². The molecule has 2 aromatic carbocycles. The highest BCUT2D eigenvalue weighted by Crippen LogP contribution is 2.30. The fourth-order valence-electron chi connectivity index (χ4n) is 2.25. The zero-order valence-corrected chi connectivity index (χ0v) is 12.3. The second-order valence-corrected chi connectivity index (χ2v) is 5.27. The third-order valence-electron chi connectivity index (χ3n) is 3.31. The lowest BCUT2D eigenvalue weighted by atomic mass is 10.0. The Kier molecular flexibility index (Phi) is 4.37. The molecule has 0 fully saturated rings. The molecular formula is C15H15F3N2S. The van der Waals surface area contributed by atoms with E-state index in [4.69, 9.17) is 18.0 Å². The van der Waals surface area contributed by atoms with Crippen LogP contribution in [0, 0.1) is 0 Å². The summed E-state index contributed by atoms with van der Waals surface area (Å²) in [6, 6.07) is 10.9. The largest absolute Gasteiger partial charge is 0.390 e. The number of nitrogens with zero attached hydrogens (tertiary/aromatic N) is 1. The second kappa shape index (κ2) is 5.89. The Morgan fingerprint density at radius 1 is 1.14 bits per heavy atom. The lowest BCUT2D eigenvalue weighted by Crippen LogP contribution is -2.24. The van der Waals surface area contributed by atoms with Gasteiger partial charge in [-0.05, 0) is 17.5 Å². The quantitative estimate of drug-likeness (QED) is 0.869. The monoisotopic (exact) mass is 312 g/mol. The molecule has 0 unspecified atom stereocenters. The Balaban J connectivity index is 2.41. The van der Waals surface area contributed by atoms with Gasteiger partial charge in [0.15, 0.2) is 0 Å². The maximum absolute atomic E-state index is 12.4. The van der Waals surface area contributed by atoms with Crippen LogP contribution in [0.1, 0.15) is 12.0 Å². The average molecular weight is 312 g/mol. The Labute approximate surface area is 126 Å². The molecule has 0 radical (unpaired) electrons. The fourth-order valence-corrected chi connectivity index (χ4v) is 2.42. The first-order valence-electron chi connectivity index (χ1n) is 6.39. The number of rotatable bonds is 4. The van der Waals surface area contributed by atoms with Crippen molar-refractivity contribution in [3.05, 3.63) is 42.0 Å². The first-order valence-corrected chi connectivity index (χ1v) is 6.80. The van der Waals surface area contributed by atoms with Crippen LogP contribution in [-0.4, -0.2) is 24.8 Å². The highest BCUT2D eigenvalue weighted by molar-refractivity contribution is 7.80. The molecule has 0 aromatic heterocycles. The van der Waals surface area contributed by atoms with Gasteiger partial charge in [-0.3, -0.25) is 0 Å². The summed E-state index contributed by atoms with van der Waals surface area (Å²) >= 11 is 5.01. The van der Waals surface area contributed by atoms with Crippen molar-refractivity contribution in [2.24, 2.45) is 5.73 Å². The molecule has 0 saturated carbocycles. The van der Waals surface area contributed by atoms with Crippen LogP contribution >= 0.6 is 12.2 Å². The molecule has 0 heterocycles. The molecule has 0 aliphatic carbocycles. The van der Waals surface area contributed by atoms with Crippen LogP contribution < -0.4 is 10.6 Å². The Hall–Kier alpha value is -1.82. The van der Waals surface area contributed by atoms with Crippen LogP contribution in [0.3, 0.4) is 0 Å². The first-order chi connectivity index (χ1) is 9.79. The van der Waals surface area contributed by atoms with Crippen LogP contribution in [0.15, 0.2) is 36.4 Å². The van der Waals surface area contributed by atoms with E-state index in [9.17, 15) is 13.2 Å². The van der Waals surface area contributed by atoms with Crippen molar-refractivity contribution in [3.63, 3.8) is 0 Å². The zero-order chi connectivity index (χ0) is 15.6. The molecule has 6 heteroatoms. The Morgan fingerprint density at radius 2 is 1.76 bits per heavy atom. The van der Waals surface area contributed by atoms with Crippen LogP contribution in [0.5, 0.6) is 0 Å². The van der Waals surface area contributed by atoms with Crippen LogP contribution in [0.2, 0.25) is 0 Å². The van der Waals surface area contributed by atoms with E-state index in [1.165, 1.54) is 0 Å². The second-order valence-electron chi connectivity index (χ2n) is 4.83. The van der Waals surface area contributed by atoms with Crippen molar-refractivity contribution < 1.29 is 13.2 Å². The van der Waals surface area contributed by atoms with E-state index in [0.717, 1.165) is 22.0 Å². The number of nitrogens with two attached hydrogens (primary N) is 1. The van der Waals surface area contributed by atoms with Gasteiger partial charge in [0.1, 0.15) is 4.99 Å². The van der Waals surface area contributed by atoms with Gasteiger partial charge < -0.3 is 10.6 Å².